The van der Waals surface area contributed by atoms with Crippen LogP contribution in [0.5, 0.6) is 0 Å². The standard InChI is InChI=1S/C23H33NO/c1-2-22-10-8-17-16-7-5-15(24)12-14(16)4-6-18(17)21(22)19-13-20(19)23(22)9-3-11-25-23/h12,16-21,24H,2-11,13H2,1H3/t16-,17?,18?,19?,20?,21?,22-,23-/m0/s1. The van der Waals surface area contributed by atoms with Gasteiger partial charge in [-0.25, -0.2) is 0 Å². The van der Waals surface area contributed by atoms with Gasteiger partial charge in [0, 0.05) is 17.7 Å². The molecule has 0 radical (unpaired) electrons. The molecule has 1 aliphatic heterocycles. The number of allylic oxidation sites excluding steroid dienone is 2. The van der Waals surface area contributed by atoms with E-state index in [2.05, 4.69) is 13.0 Å². The van der Waals surface area contributed by atoms with Crippen LogP contribution in [0.4, 0.5) is 0 Å². The summed E-state index contributed by atoms with van der Waals surface area (Å²) in [6.45, 7) is 3.51. The topological polar surface area (TPSA) is 33.1 Å². The zero-order chi connectivity index (χ0) is 16.8. The highest BCUT2D eigenvalue weighted by atomic mass is 16.5. The van der Waals surface area contributed by atoms with E-state index in [-0.39, 0.29) is 5.60 Å². The molecular weight excluding hydrogens is 306 g/mol. The normalized spacial score (nSPS) is 56.0. The Labute approximate surface area is 152 Å². The molecule has 0 amide bonds. The van der Waals surface area contributed by atoms with E-state index in [1.165, 1.54) is 57.8 Å². The van der Waals surface area contributed by atoms with Crippen LogP contribution in [0, 0.1) is 46.3 Å². The van der Waals surface area contributed by atoms with Gasteiger partial charge in [-0.1, -0.05) is 12.5 Å². The SMILES string of the molecule is CC[C@]12CCC3C(CCC4=CC(=N)CC[C@@H]43)C1C1CC1[C@@]21CCCO1. The van der Waals surface area contributed by atoms with E-state index in [9.17, 15) is 0 Å². The van der Waals surface area contributed by atoms with Crippen molar-refractivity contribution in [1.29, 1.82) is 5.41 Å². The van der Waals surface area contributed by atoms with Gasteiger partial charge < -0.3 is 10.1 Å². The largest absolute Gasteiger partial charge is 0.374 e. The summed E-state index contributed by atoms with van der Waals surface area (Å²) in [7, 11) is 0. The van der Waals surface area contributed by atoms with Gasteiger partial charge in [0.05, 0.1) is 5.60 Å². The third-order valence-electron chi connectivity index (χ3n) is 9.84. The number of hydrogen-bond acceptors (Lipinski definition) is 2. The van der Waals surface area contributed by atoms with Crippen molar-refractivity contribution in [3.63, 3.8) is 0 Å². The molecule has 8 atom stereocenters. The van der Waals surface area contributed by atoms with E-state index in [1.807, 2.05) is 0 Å². The third kappa shape index (κ3) is 1.74. The van der Waals surface area contributed by atoms with Gasteiger partial charge in [0.1, 0.15) is 0 Å². The Kier molecular flexibility index (Phi) is 3.09. The molecule has 25 heavy (non-hydrogen) atoms. The summed E-state index contributed by atoms with van der Waals surface area (Å²) in [4.78, 5) is 0. The lowest BCUT2D eigenvalue weighted by atomic mass is 9.47. The lowest BCUT2D eigenvalue weighted by molar-refractivity contribution is -0.158. The molecule has 0 aromatic carbocycles. The van der Waals surface area contributed by atoms with E-state index >= 15 is 0 Å². The van der Waals surface area contributed by atoms with Gasteiger partial charge >= 0.3 is 0 Å². The summed E-state index contributed by atoms with van der Waals surface area (Å²) >= 11 is 0. The molecule has 6 rings (SSSR count). The Bertz CT molecular complexity index is 644. The fraction of sp³-hybridized carbons (Fsp3) is 0.870. The van der Waals surface area contributed by atoms with Crippen molar-refractivity contribution in [3.05, 3.63) is 11.6 Å². The second kappa shape index (κ2) is 5.00. The Balaban J connectivity index is 1.39. The molecule has 1 N–H and O–H groups in total. The molecule has 0 aromatic rings. The summed E-state index contributed by atoms with van der Waals surface area (Å²) in [5, 5.41) is 8.08. The molecule has 1 spiro atoms. The second-order valence-electron chi connectivity index (χ2n) is 10.2. The van der Waals surface area contributed by atoms with Crippen LogP contribution in [0.3, 0.4) is 0 Å². The Morgan fingerprint density at radius 2 is 2.04 bits per heavy atom. The molecule has 5 unspecified atom stereocenters. The number of hydrogen-bond donors (Lipinski definition) is 1. The van der Waals surface area contributed by atoms with Gasteiger partial charge in [0.25, 0.3) is 0 Å². The Hall–Kier alpha value is -0.630. The van der Waals surface area contributed by atoms with E-state index < -0.39 is 0 Å². The first-order valence-corrected chi connectivity index (χ1v) is 11.1. The van der Waals surface area contributed by atoms with Gasteiger partial charge in [-0.3, -0.25) is 0 Å². The van der Waals surface area contributed by atoms with Crippen molar-refractivity contribution in [2.24, 2.45) is 40.9 Å². The highest BCUT2D eigenvalue weighted by molar-refractivity contribution is 5.93. The molecular formula is C23H33NO. The number of nitrogens with one attached hydrogen (secondary N) is 1. The first kappa shape index (κ1) is 15.4. The minimum Gasteiger partial charge on any atom is -0.374 e. The summed E-state index contributed by atoms with van der Waals surface area (Å²) < 4.78 is 6.68. The predicted octanol–water partition coefficient (Wildman–Crippen LogP) is 5.37. The minimum atomic E-state index is 0.285. The summed E-state index contributed by atoms with van der Waals surface area (Å²) in [5.74, 6) is 5.58. The third-order valence-corrected chi connectivity index (χ3v) is 9.84. The molecule has 2 heteroatoms. The second-order valence-corrected chi connectivity index (χ2v) is 10.2. The van der Waals surface area contributed by atoms with Crippen molar-refractivity contribution >= 4 is 5.71 Å². The summed E-state index contributed by atoms with van der Waals surface area (Å²) in [6.07, 6.45) is 15.6. The van der Waals surface area contributed by atoms with Gasteiger partial charge in [0.2, 0.25) is 0 Å². The maximum absolute atomic E-state index is 8.08. The summed E-state index contributed by atoms with van der Waals surface area (Å²) in [5.41, 5.74) is 3.34. The fourth-order valence-corrected chi connectivity index (χ4v) is 9.15. The average molecular weight is 340 g/mol. The van der Waals surface area contributed by atoms with Crippen molar-refractivity contribution < 1.29 is 4.74 Å². The monoisotopic (exact) mass is 339 g/mol. The highest BCUT2D eigenvalue weighted by Gasteiger charge is 2.77. The first-order valence-electron chi connectivity index (χ1n) is 11.1. The molecule has 2 nitrogen and oxygen atoms in total. The zero-order valence-corrected chi connectivity index (χ0v) is 15.7. The molecule has 136 valence electrons. The van der Waals surface area contributed by atoms with Gasteiger partial charge in [-0.15, -0.1) is 0 Å². The molecule has 1 heterocycles. The average Bonchev–Trinajstić information content (AvgIpc) is 3.20. The van der Waals surface area contributed by atoms with Gasteiger partial charge in [-0.2, -0.15) is 0 Å². The van der Waals surface area contributed by atoms with E-state index in [4.69, 9.17) is 10.1 Å². The number of ether oxygens (including phenoxy) is 1. The van der Waals surface area contributed by atoms with E-state index in [0.717, 1.165) is 54.2 Å². The Morgan fingerprint density at radius 1 is 1.12 bits per heavy atom. The van der Waals surface area contributed by atoms with Crippen molar-refractivity contribution in [3.8, 4) is 0 Å². The smallest absolute Gasteiger partial charge is 0.0772 e. The number of fused-ring (bicyclic) bond motifs is 9. The van der Waals surface area contributed by atoms with Crippen LogP contribution >= 0.6 is 0 Å². The predicted molar refractivity (Wildman–Crippen MR) is 99.7 cm³/mol. The van der Waals surface area contributed by atoms with E-state index in [0.29, 0.717) is 5.41 Å². The van der Waals surface area contributed by atoms with Crippen molar-refractivity contribution in [1.82, 2.24) is 0 Å². The van der Waals surface area contributed by atoms with Crippen LogP contribution < -0.4 is 0 Å². The van der Waals surface area contributed by atoms with Crippen molar-refractivity contribution in [2.75, 3.05) is 6.61 Å². The van der Waals surface area contributed by atoms with Gasteiger partial charge in [0.15, 0.2) is 0 Å². The molecule has 6 aliphatic rings. The molecule has 5 fully saturated rings. The molecule has 1 saturated heterocycles. The van der Waals surface area contributed by atoms with Crippen LogP contribution in [0.1, 0.15) is 71.1 Å². The fourth-order valence-electron chi connectivity index (χ4n) is 9.15. The maximum Gasteiger partial charge on any atom is 0.0772 e. The van der Waals surface area contributed by atoms with Crippen LogP contribution in [0.25, 0.3) is 0 Å². The molecule has 5 aliphatic carbocycles. The lowest BCUT2D eigenvalue weighted by Gasteiger charge is -2.59. The van der Waals surface area contributed by atoms with Crippen LogP contribution in [0.2, 0.25) is 0 Å². The molecule has 0 bridgehead atoms. The highest BCUT2D eigenvalue weighted by Crippen LogP contribution is 2.79. The summed E-state index contributed by atoms with van der Waals surface area (Å²) in [6, 6.07) is 0. The van der Waals surface area contributed by atoms with Crippen LogP contribution in [0.15, 0.2) is 11.6 Å². The van der Waals surface area contributed by atoms with Crippen LogP contribution in [-0.2, 0) is 4.74 Å². The van der Waals surface area contributed by atoms with E-state index in [1.54, 1.807) is 5.57 Å². The lowest BCUT2D eigenvalue weighted by Crippen LogP contribution is -2.56. The quantitative estimate of drug-likeness (QED) is 0.684. The number of rotatable bonds is 1. The Morgan fingerprint density at radius 3 is 2.84 bits per heavy atom. The van der Waals surface area contributed by atoms with Crippen LogP contribution in [-0.4, -0.2) is 17.9 Å². The van der Waals surface area contributed by atoms with Crippen molar-refractivity contribution in [2.45, 2.75) is 76.7 Å². The molecule has 0 aromatic heterocycles. The zero-order valence-electron chi connectivity index (χ0n) is 15.7. The van der Waals surface area contributed by atoms with Gasteiger partial charge in [-0.05, 0) is 106 Å². The maximum atomic E-state index is 8.08. The first-order chi connectivity index (χ1) is 12.2. The molecule has 4 saturated carbocycles. The minimum absolute atomic E-state index is 0.285.